The van der Waals surface area contributed by atoms with E-state index in [1.807, 2.05) is 30.3 Å². The van der Waals surface area contributed by atoms with Crippen LogP contribution >= 0.6 is 22.9 Å². The highest BCUT2D eigenvalue weighted by atomic mass is 35.5. The van der Waals surface area contributed by atoms with E-state index in [0.29, 0.717) is 6.54 Å². The molecule has 4 nitrogen and oxygen atoms in total. The molecule has 6 heteroatoms. The Labute approximate surface area is 146 Å². The highest BCUT2D eigenvalue weighted by Crippen LogP contribution is 2.21. The van der Waals surface area contributed by atoms with Crippen LogP contribution in [0.1, 0.15) is 17.4 Å². The first-order valence-corrected chi connectivity index (χ1v) is 8.80. The van der Waals surface area contributed by atoms with Gasteiger partial charge in [-0.1, -0.05) is 23.7 Å². The van der Waals surface area contributed by atoms with Gasteiger partial charge >= 0.3 is 0 Å². The number of guanidine groups is 1. The van der Waals surface area contributed by atoms with E-state index in [1.165, 1.54) is 4.88 Å². The number of aliphatic imine (C=N–C) groups is 1. The van der Waals surface area contributed by atoms with Crippen molar-refractivity contribution in [2.45, 2.75) is 19.9 Å². The van der Waals surface area contributed by atoms with Gasteiger partial charge in [0.25, 0.3) is 0 Å². The predicted octanol–water partition coefficient (Wildman–Crippen LogP) is 3.71. The van der Waals surface area contributed by atoms with Gasteiger partial charge in [0.1, 0.15) is 5.75 Å². The van der Waals surface area contributed by atoms with Gasteiger partial charge in [0, 0.05) is 18.0 Å². The first-order chi connectivity index (χ1) is 11.2. The molecule has 1 aromatic carbocycles. The molecule has 0 atom stereocenters. The van der Waals surface area contributed by atoms with Gasteiger partial charge < -0.3 is 15.4 Å². The lowest BCUT2D eigenvalue weighted by Gasteiger charge is -2.11. The van der Waals surface area contributed by atoms with Crippen molar-refractivity contribution in [3.05, 3.63) is 51.2 Å². The maximum Gasteiger partial charge on any atom is 0.191 e. The van der Waals surface area contributed by atoms with Crippen LogP contribution in [-0.2, 0) is 13.0 Å². The Kier molecular flexibility index (Phi) is 7.23. The Hall–Kier alpha value is -1.72. The number of hydrogen-bond donors (Lipinski definition) is 2. The molecule has 0 aliphatic heterocycles. The van der Waals surface area contributed by atoms with Crippen molar-refractivity contribution in [2.75, 3.05) is 20.2 Å². The number of ether oxygens (including phenoxy) is 1. The Morgan fingerprint density at radius 2 is 2.13 bits per heavy atom. The molecule has 0 radical (unpaired) electrons. The summed E-state index contributed by atoms with van der Waals surface area (Å²) in [6.07, 6.45) is 0.932. The molecule has 0 bridgehead atoms. The van der Waals surface area contributed by atoms with Crippen molar-refractivity contribution < 1.29 is 4.74 Å². The number of rotatable bonds is 7. The van der Waals surface area contributed by atoms with Gasteiger partial charge in [-0.2, -0.15) is 0 Å². The molecule has 2 N–H and O–H groups in total. The molecule has 0 unspecified atom stereocenters. The summed E-state index contributed by atoms with van der Waals surface area (Å²) in [4.78, 5) is 5.88. The van der Waals surface area contributed by atoms with Crippen LogP contribution in [-0.4, -0.2) is 26.2 Å². The smallest absolute Gasteiger partial charge is 0.191 e. The topological polar surface area (TPSA) is 45.7 Å². The molecule has 124 valence electrons. The molecule has 0 aliphatic rings. The van der Waals surface area contributed by atoms with E-state index >= 15 is 0 Å². The minimum absolute atomic E-state index is 0.608. The lowest BCUT2D eigenvalue weighted by Crippen LogP contribution is -2.38. The third kappa shape index (κ3) is 6.12. The quantitative estimate of drug-likeness (QED) is 0.590. The van der Waals surface area contributed by atoms with Crippen molar-refractivity contribution >= 4 is 28.9 Å². The molecule has 0 saturated carbocycles. The minimum atomic E-state index is 0.608. The molecule has 0 saturated heterocycles. The van der Waals surface area contributed by atoms with Crippen LogP contribution < -0.4 is 15.4 Å². The number of benzene rings is 1. The van der Waals surface area contributed by atoms with Crippen molar-refractivity contribution in [1.29, 1.82) is 0 Å². The summed E-state index contributed by atoms with van der Waals surface area (Å²) in [6.45, 7) is 4.31. The van der Waals surface area contributed by atoms with Gasteiger partial charge in [-0.15, -0.1) is 11.3 Å². The SMILES string of the molecule is CCNC(=NCc1cccc(OC)c1)NCCc1ccc(Cl)s1. The van der Waals surface area contributed by atoms with Crippen molar-refractivity contribution in [3.63, 3.8) is 0 Å². The van der Waals surface area contributed by atoms with Gasteiger partial charge in [0.05, 0.1) is 18.0 Å². The van der Waals surface area contributed by atoms with Crippen LogP contribution in [0.4, 0.5) is 0 Å². The fraction of sp³-hybridized carbons (Fsp3) is 0.353. The third-order valence-electron chi connectivity index (χ3n) is 3.19. The maximum absolute atomic E-state index is 5.95. The number of hydrogen-bond acceptors (Lipinski definition) is 3. The van der Waals surface area contributed by atoms with E-state index in [2.05, 4.69) is 28.6 Å². The van der Waals surface area contributed by atoms with E-state index in [1.54, 1.807) is 18.4 Å². The first kappa shape index (κ1) is 17.6. The summed E-state index contributed by atoms with van der Waals surface area (Å²) in [5.74, 6) is 1.67. The van der Waals surface area contributed by atoms with Crippen LogP contribution in [0.15, 0.2) is 41.4 Å². The molecule has 2 aromatic rings. The van der Waals surface area contributed by atoms with Crippen LogP contribution in [0, 0.1) is 0 Å². The molecule has 0 fully saturated rings. The fourth-order valence-corrected chi connectivity index (χ4v) is 3.16. The summed E-state index contributed by atoms with van der Waals surface area (Å²) in [7, 11) is 1.67. The zero-order chi connectivity index (χ0) is 16.5. The van der Waals surface area contributed by atoms with Gasteiger partial charge in [-0.3, -0.25) is 0 Å². The first-order valence-electron chi connectivity index (χ1n) is 7.60. The summed E-state index contributed by atoms with van der Waals surface area (Å²) >= 11 is 7.56. The second-order valence-corrected chi connectivity index (χ2v) is 6.73. The monoisotopic (exact) mass is 351 g/mol. The largest absolute Gasteiger partial charge is 0.497 e. The van der Waals surface area contributed by atoms with E-state index in [4.69, 9.17) is 16.3 Å². The van der Waals surface area contributed by atoms with Crippen LogP contribution in [0.5, 0.6) is 5.75 Å². The second-order valence-electron chi connectivity index (χ2n) is 4.93. The highest BCUT2D eigenvalue weighted by Gasteiger charge is 2.01. The fourth-order valence-electron chi connectivity index (χ4n) is 2.07. The molecule has 0 amide bonds. The second kappa shape index (κ2) is 9.43. The number of methoxy groups -OCH3 is 1. The summed E-state index contributed by atoms with van der Waals surface area (Å²) in [5.41, 5.74) is 1.12. The summed E-state index contributed by atoms with van der Waals surface area (Å²) in [5, 5.41) is 6.61. The molecule has 2 rings (SSSR count). The van der Waals surface area contributed by atoms with Crippen molar-refractivity contribution in [3.8, 4) is 5.75 Å². The van der Waals surface area contributed by atoms with Gasteiger partial charge in [0.15, 0.2) is 5.96 Å². The Morgan fingerprint density at radius 1 is 1.26 bits per heavy atom. The van der Waals surface area contributed by atoms with Crippen LogP contribution in [0.2, 0.25) is 4.34 Å². The molecular weight excluding hydrogens is 330 g/mol. The lowest BCUT2D eigenvalue weighted by molar-refractivity contribution is 0.414. The standard InChI is InChI=1S/C17H22ClN3OS/c1-3-19-17(20-10-9-15-7-8-16(18)23-15)21-12-13-5-4-6-14(11-13)22-2/h4-8,11H,3,9-10,12H2,1-2H3,(H2,19,20,21). The minimum Gasteiger partial charge on any atom is -0.497 e. The third-order valence-corrected chi connectivity index (χ3v) is 4.48. The van der Waals surface area contributed by atoms with Gasteiger partial charge in [-0.05, 0) is 43.2 Å². The van der Waals surface area contributed by atoms with Crippen molar-refractivity contribution in [1.82, 2.24) is 10.6 Å². The van der Waals surface area contributed by atoms with Crippen molar-refractivity contribution in [2.24, 2.45) is 4.99 Å². The van der Waals surface area contributed by atoms with E-state index in [0.717, 1.165) is 41.1 Å². The average Bonchev–Trinajstić information content (AvgIpc) is 2.98. The van der Waals surface area contributed by atoms with E-state index < -0.39 is 0 Å². The number of nitrogens with zero attached hydrogens (tertiary/aromatic N) is 1. The highest BCUT2D eigenvalue weighted by molar-refractivity contribution is 7.16. The molecule has 1 aromatic heterocycles. The number of halogens is 1. The van der Waals surface area contributed by atoms with E-state index in [-0.39, 0.29) is 0 Å². The number of thiophene rings is 1. The Morgan fingerprint density at radius 3 is 2.83 bits per heavy atom. The normalized spacial score (nSPS) is 11.3. The molecular formula is C17H22ClN3OS. The molecule has 0 aliphatic carbocycles. The Bertz CT molecular complexity index is 642. The Balaban J connectivity index is 1.88. The molecule has 0 spiro atoms. The number of nitrogens with one attached hydrogen (secondary N) is 2. The average molecular weight is 352 g/mol. The maximum atomic E-state index is 5.95. The van der Waals surface area contributed by atoms with Crippen LogP contribution in [0.25, 0.3) is 0 Å². The van der Waals surface area contributed by atoms with E-state index in [9.17, 15) is 0 Å². The van der Waals surface area contributed by atoms with Crippen LogP contribution in [0.3, 0.4) is 0 Å². The molecule has 1 heterocycles. The van der Waals surface area contributed by atoms with Gasteiger partial charge in [-0.25, -0.2) is 4.99 Å². The predicted molar refractivity (Wildman–Crippen MR) is 98.8 cm³/mol. The molecule has 23 heavy (non-hydrogen) atoms. The summed E-state index contributed by atoms with van der Waals surface area (Å²) < 4.78 is 6.07. The lowest BCUT2D eigenvalue weighted by atomic mass is 10.2. The zero-order valence-corrected chi connectivity index (χ0v) is 15.0. The van der Waals surface area contributed by atoms with Gasteiger partial charge in [0.2, 0.25) is 0 Å². The zero-order valence-electron chi connectivity index (χ0n) is 13.4. The summed E-state index contributed by atoms with van der Waals surface area (Å²) in [6, 6.07) is 12.0.